The summed E-state index contributed by atoms with van der Waals surface area (Å²) in [7, 11) is 0. The maximum absolute atomic E-state index is 4.86. The molecule has 140 valence electrons. The Morgan fingerprint density at radius 1 is 1.31 bits per heavy atom. The van der Waals surface area contributed by atoms with E-state index in [1.54, 1.807) is 11.3 Å². The minimum atomic E-state index is 0. The Balaban J connectivity index is 0.00000196. The molecule has 8 heteroatoms. The van der Waals surface area contributed by atoms with Crippen molar-refractivity contribution in [3.8, 4) is 0 Å². The Kier molecular flexibility index (Phi) is 5.92. The summed E-state index contributed by atoms with van der Waals surface area (Å²) in [6.45, 7) is 10.3. The van der Waals surface area contributed by atoms with Gasteiger partial charge in [0, 0.05) is 44.6 Å². The van der Waals surface area contributed by atoms with Crippen LogP contribution < -0.4 is 5.32 Å². The molecule has 1 saturated heterocycles. The average molecular weight is 393 g/mol. The number of nitrogens with zero attached hydrogens (tertiary/aromatic N) is 5. The molecule has 1 unspecified atom stereocenters. The van der Waals surface area contributed by atoms with E-state index in [0.717, 1.165) is 36.1 Å². The number of halogens is 1. The first kappa shape index (κ1) is 19.2. The number of piperazine rings is 1. The van der Waals surface area contributed by atoms with Gasteiger partial charge in [-0.3, -0.25) is 9.88 Å². The van der Waals surface area contributed by atoms with Gasteiger partial charge in [0.25, 0.3) is 0 Å². The lowest BCUT2D eigenvalue weighted by molar-refractivity contribution is 0.150. The number of imidazole rings is 1. The second kappa shape index (κ2) is 8.00. The van der Waals surface area contributed by atoms with Crippen LogP contribution in [0.1, 0.15) is 47.8 Å². The molecule has 1 aliphatic rings. The number of aromatic nitrogens is 4. The molecule has 0 radical (unpaired) electrons. The first-order chi connectivity index (χ1) is 12.1. The van der Waals surface area contributed by atoms with Gasteiger partial charge in [-0.05, 0) is 30.5 Å². The van der Waals surface area contributed by atoms with Crippen molar-refractivity contribution in [2.75, 3.05) is 19.6 Å². The van der Waals surface area contributed by atoms with Gasteiger partial charge in [0.1, 0.15) is 5.01 Å². The highest BCUT2D eigenvalue weighted by Crippen LogP contribution is 2.29. The monoisotopic (exact) mass is 392 g/mol. The van der Waals surface area contributed by atoms with Crippen molar-refractivity contribution >= 4 is 28.7 Å². The summed E-state index contributed by atoms with van der Waals surface area (Å²) in [6, 6.07) is 4.59. The number of hydrogen-bond acceptors (Lipinski definition) is 6. The van der Waals surface area contributed by atoms with Gasteiger partial charge < -0.3 is 5.32 Å². The maximum atomic E-state index is 4.86. The van der Waals surface area contributed by atoms with Gasteiger partial charge in [-0.2, -0.15) is 5.10 Å². The minimum Gasteiger partial charge on any atom is -0.314 e. The SMILES string of the molecule is Cc1nn2c(CN3CCNCC3c3ccncc3)c(C(C)C)nc2s1.Cl. The van der Waals surface area contributed by atoms with Crippen LogP contribution in [-0.4, -0.2) is 44.1 Å². The normalized spacial score (nSPS) is 18.4. The third-order valence-electron chi connectivity index (χ3n) is 4.77. The third kappa shape index (κ3) is 3.62. The minimum absolute atomic E-state index is 0. The molecule has 0 bridgehead atoms. The zero-order chi connectivity index (χ0) is 17.4. The van der Waals surface area contributed by atoms with Crippen molar-refractivity contribution in [3.63, 3.8) is 0 Å². The van der Waals surface area contributed by atoms with Crippen LogP contribution in [0.4, 0.5) is 0 Å². The van der Waals surface area contributed by atoms with Crippen LogP contribution in [0.3, 0.4) is 0 Å². The molecule has 0 saturated carbocycles. The molecule has 0 aromatic carbocycles. The molecule has 1 atom stereocenters. The van der Waals surface area contributed by atoms with Gasteiger partial charge >= 0.3 is 0 Å². The Morgan fingerprint density at radius 3 is 2.81 bits per heavy atom. The van der Waals surface area contributed by atoms with Crippen molar-refractivity contribution in [1.29, 1.82) is 0 Å². The van der Waals surface area contributed by atoms with Gasteiger partial charge in [0.2, 0.25) is 4.96 Å². The summed E-state index contributed by atoms with van der Waals surface area (Å²) < 4.78 is 2.06. The van der Waals surface area contributed by atoms with E-state index in [4.69, 9.17) is 10.1 Å². The molecule has 6 nitrogen and oxygen atoms in total. The van der Waals surface area contributed by atoms with E-state index in [1.165, 1.54) is 17.0 Å². The number of aryl methyl sites for hydroxylation is 1. The lowest BCUT2D eigenvalue weighted by Crippen LogP contribution is -2.45. The van der Waals surface area contributed by atoms with Crippen LogP contribution in [0.25, 0.3) is 4.96 Å². The average Bonchev–Trinajstić information content (AvgIpc) is 3.13. The van der Waals surface area contributed by atoms with Gasteiger partial charge in [-0.1, -0.05) is 25.2 Å². The predicted octanol–water partition coefficient (Wildman–Crippen LogP) is 3.19. The largest absolute Gasteiger partial charge is 0.314 e. The number of rotatable bonds is 4. The lowest BCUT2D eigenvalue weighted by Gasteiger charge is -2.36. The molecule has 1 N–H and O–H groups in total. The molecule has 3 aromatic rings. The standard InChI is InChI=1S/C18H24N6S.ClH/c1-12(2)17-16(24-18(21-17)25-13(3)22-24)11-23-9-8-20-10-15(23)14-4-6-19-7-5-14;/h4-7,12,15,20H,8-11H2,1-3H3;1H. The number of hydrogen-bond donors (Lipinski definition) is 1. The zero-order valence-electron chi connectivity index (χ0n) is 15.3. The Hall–Kier alpha value is -1.54. The van der Waals surface area contributed by atoms with Crippen LogP contribution in [0.2, 0.25) is 0 Å². The first-order valence-corrected chi connectivity index (χ1v) is 9.64. The number of pyridine rings is 1. The summed E-state index contributed by atoms with van der Waals surface area (Å²) >= 11 is 1.67. The van der Waals surface area contributed by atoms with Gasteiger partial charge in [0.15, 0.2) is 0 Å². The maximum Gasteiger partial charge on any atom is 0.212 e. The second-order valence-electron chi connectivity index (χ2n) is 6.88. The summed E-state index contributed by atoms with van der Waals surface area (Å²) in [5.74, 6) is 0.395. The molecule has 1 fully saturated rings. The molecule has 3 aromatic heterocycles. The molecular weight excluding hydrogens is 368 g/mol. The summed E-state index contributed by atoms with van der Waals surface area (Å²) in [6.07, 6.45) is 3.75. The van der Waals surface area contributed by atoms with E-state index in [1.807, 2.05) is 19.3 Å². The second-order valence-corrected chi connectivity index (χ2v) is 8.04. The van der Waals surface area contributed by atoms with E-state index in [9.17, 15) is 0 Å². The molecule has 4 rings (SSSR count). The third-order valence-corrected chi connectivity index (χ3v) is 5.60. The molecule has 1 aliphatic heterocycles. The zero-order valence-corrected chi connectivity index (χ0v) is 17.0. The van der Waals surface area contributed by atoms with Gasteiger partial charge in [-0.15, -0.1) is 12.4 Å². The summed E-state index contributed by atoms with van der Waals surface area (Å²) in [5, 5.41) is 9.28. The Bertz CT molecular complexity index is 859. The molecule has 26 heavy (non-hydrogen) atoms. The highest BCUT2D eigenvalue weighted by atomic mass is 35.5. The lowest BCUT2D eigenvalue weighted by atomic mass is 10.0. The summed E-state index contributed by atoms with van der Waals surface area (Å²) in [5.41, 5.74) is 3.71. The van der Waals surface area contributed by atoms with E-state index in [0.29, 0.717) is 12.0 Å². The molecule has 0 amide bonds. The predicted molar refractivity (Wildman–Crippen MR) is 107 cm³/mol. The topological polar surface area (TPSA) is 58.4 Å². The van der Waals surface area contributed by atoms with Crippen molar-refractivity contribution in [3.05, 3.63) is 46.5 Å². The van der Waals surface area contributed by atoms with E-state index < -0.39 is 0 Å². The Morgan fingerprint density at radius 2 is 2.08 bits per heavy atom. The highest BCUT2D eigenvalue weighted by Gasteiger charge is 2.27. The Labute approximate surface area is 164 Å². The van der Waals surface area contributed by atoms with Crippen LogP contribution >= 0.6 is 23.7 Å². The van der Waals surface area contributed by atoms with Crippen molar-refractivity contribution < 1.29 is 0 Å². The van der Waals surface area contributed by atoms with Gasteiger partial charge in [0.05, 0.1) is 11.4 Å². The van der Waals surface area contributed by atoms with Crippen LogP contribution in [0.5, 0.6) is 0 Å². The van der Waals surface area contributed by atoms with Crippen LogP contribution in [0, 0.1) is 6.92 Å². The highest BCUT2D eigenvalue weighted by molar-refractivity contribution is 7.16. The van der Waals surface area contributed by atoms with Crippen molar-refractivity contribution in [2.24, 2.45) is 0 Å². The molecule has 0 aliphatic carbocycles. The fourth-order valence-electron chi connectivity index (χ4n) is 3.55. The van der Waals surface area contributed by atoms with E-state index in [-0.39, 0.29) is 12.4 Å². The first-order valence-electron chi connectivity index (χ1n) is 8.83. The summed E-state index contributed by atoms with van der Waals surface area (Å²) in [4.78, 5) is 12.6. The number of nitrogens with one attached hydrogen (secondary N) is 1. The van der Waals surface area contributed by atoms with E-state index >= 15 is 0 Å². The van der Waals surface area contributed by atoms with Crippen molar-refractivity contribution in [1.82, 2.24) is 29.8 Å². The van der Waals surface area contributed by atoms with E-state index in [2.05, 4.69) is 45.7 Å². The fourth-order valence-corrected chi connectivity index (χ4v) is 4.32. The quantitative estimate of drug-likeness (QED) is 0.738. The molecule has 0 spiro atoms. The number of fused-ring (bicyclic) bond motifs is 1. The van der Waals surface area contributed by atoms with Crippen LogP contribution in [0.15, 0.2) is 24.5 Å². The van der Waals surface area contributed by atoms with Crippen LogP contribution in [-0.2, 0) is 6.54 Å². The fraction of sp³-hybridized carbons (Fsp3) is 0.500. The molecule has 4 heterocycles. The van der Waals surface area contributed by atoms with Crippen molar-refractivity contribution in [2.45, 2.75) is 39.3 Å². The molecular formula is C18H25ClN6S. The smallest absolute Gasteiger partial charge is 0.212 e. The van der Waals surface area contributed by atoms with Gasteiger partial charge in [-0.25, -0.2) is 9.50 Å².